The molecule has 0 fully saturated rings. The highest BCUT2D eigenvalue weighted by Gasteiger charge is 2.19. The first-order chi connectivity index (χ1) is 7.92. The molecule has 0 atom stereocenters. The third kappa shape index (κ3) is 3.46. The summed E-state index contributed by atoms with van der Waals surface area (Å²) in [6, 6.07) is 2.51. The standard InChI is InChI=1S/C9H11Cl2NO4S/c1-16-8-4-7(11)9(5-6(8)10)17(14,15)12-2-3-13/h4-5,12-13H,2-3H2,1H3. The first-order valence-corrected chi connectivity index (χ1v) is 6.80. The molecule has 1 aromatic rings. The molecule has 17 heavy (non-hydrogen) atoms. The third-order valence-corrected chi connectivity index (χ3v) is 4.12. The number of hydrogen-bond donors (Lipinski definition) is 2. The molecule has 96 valence electrons. The number of benzene rings is 1. The predicted molar refractivity (Wildman–Crippen MR) is 65.3 cm³/mol. The van der Waals surface area contributed by atoms with E-state index >= 15 is 0 Å². The van der Waals surface area contributed by atoms with Crippen molar-refractivity contribution in [3.8, 4) is 5.75 Å². The summed E-state index contributed by atoms with van der Waals surface area (Å²) in [5.41, 5.74) is 0. The molecule has 0 bridgehead atoms. The minimum absolute atomic E-state index is 0.00307. The van der Waals surface area contributed by atoms with Gasteiger partial charge in [-0.25, -0.2) is 13.1 Å². The number of methoxy groups -OCH3 is 1. The Kier molecular flexibility index (Phi) is 5.03. The maximum absolute atomic E-state index is 11.8. The predicted octanol–water partition coefficient (Wildman–Crippen LogP) is 1.27. The molecule has 0 saturated heterocycles. The molecule has 1 aromatic carbocycles. The van der Waals surface area contributed by atoms with Gasteiger partial charge in [0.25, 0.3) is 0 Å². The van der Waals surface area contributed by atoms with Crippen molar-refractivity contribution < 1.29 is 18.3 Å². The van der Waals surface area contributed by atoms with Crippen molar-refractivity contribution in [1.29, 1.82) is 0 Å². The van der Waals surface area contributed by atoms with E-state index in [1.807, 2.05) is 0 Å². The molecule has 2 N–H and O–H groups in total. The van der Waals surface area contributed by atoms with E-state index in [1.54, 1.807) is 0 Å². The van der Waals surface area contributed by atoms with Crippen LogP contribution in [0.2, 0.25) is 10.0 Å². The lowest BCUT2D eigenvalue weighted by Gasteiger charge is -2.10. The Morgan fingerprint density at radius 2 is 2.00 bits per heavy atom. The fraction of sp³-hybridized carbons (Fsp3) is 0.333. The molecule has 0 aliphatic rings. The number of hydrogen-bond acceptors (Lipinski definition) is 4. The maximum atomic E-state index is 11.8. The number of halogens is 2. The van der Waals surface area contributed by atoms with Crippen LogP contribution in [0.25, 0.3) is 0 Å². The van der Waals surface area contributed by atoms with E-state index in [4.69, 9.17) is 33.0 Å². The van der Waals surface area contributed by atoms with Gasteiger partial charge >= 0.3 is 0 Å². The summed E-state index contributed by atoms with van der Waals surface area (Å²) in [4.78, 5) is -0.154. The van der Waals surface area contributed by atoms with E-state index in [0.29, 0.717) is 0 Å². The first-order valence-electron chi connectivity index (χ1n) is 4.56. The quantitative estimate of drug-likeness (QED) is 0.858. The van der Waals surface area contributed by atoms with Crippen LogP contribution in [0.4, 0.5) is 0 Å². The molecule has 0 saturated carbocycles. The summed E-state index contributed by atoms with van der Waals surface area (Å²) >= 11 is 11.6. The largest absolute Gasteiger partial charge is 0.495 e. The van der Waals surface area contributed by atoms with E-state index in [1.165, 1.54) is 19.2 Å². The van der Waals surface area contributed by atoms with Gasteiger partial charge in [0.1, 0.15) is 10.6 Å². The summed E-state index contributed by atoms with van der Waals surface area (Å²) in [6.07, 6.45) is 0. The summed E-state index contributed by atoms with van der Waals surface area (Å²) in [7, 11) is -2.38. The Balaban J connectivity index is 3.19. The van der Waals surface area contributed by atoms with Gasteiger partial charge in [-0.15, -0.1) is 0 Å². The van der Waals surface area contributed by atoms with E-state index in [2.05, 4.69) is 4.72 Å². The Morgan fingerprint density at radius 3 is 2.53 bits per heavy atom. The molecule has 8 heteroatoms. The molecule has 0 radical (unpaired) electrons. The molecule has 0 spiro atoms. The fourth-order valence-electron chi connectivity index (χ4n) is 1.13. The number of ether oxygens (including phenoxy) is 1. The summed E-state index contributed by atoms with van der Waals surface area (Å²) in [6.45, 7) is -0.400. The SMILES string of the molecule is COc1cc(Cl)c(S(=O)(=O)NCCO)cc1Cl. The van der Waals surface area contributed by atoms with Crippen LogP contribution in [-0.4, -0.2) is 33.8 Å². The second kappa shape index (κ2) is 5.88. The topological polar surface area (TPSA) is 75.6 Å². The van der Waals surface area contributed by atoms with Crippen molar-refractivity contribution in [2.45, 2.75) is 4.90 Å². The minimum Gasteiger partial charge on any atom is -0.495 e. The molecule has 0 aliphatic heterocycles. The molecule has 0 aliphatic carbocycles. The van der Waals surface area contributed by atoms with E-state index < -0.39 is 10.0 Å². The summed E-state index contributed by atoms with van der Waals surface area (Å²) in [5.74, 6) is 0.290. The number of nitrogens with one attached hydrogen (secondary N) is 1. The normalized spacial score (nSPS) is 11.5. The zero-order chi connectivity index (χ0) is 13.1. The average molecular weight is 300 g/mol. The summed E-state index contributed by atoms with van der Waals surface area (Å²) in [5, 5.41) is 8.71. The Morgan fingerprint density at radius 1 is 1.35 bits per heavy atom. The van der Waals surface area contributed by atoms with Crippen LogP contribution >= 0.6 is 23.2 Å². The number of sulfonamides is 1. The lowest BCUT2D eigenvalue weighted by molar-refractivity contribution is 0.301. The van der Waals surface area contributed by atoms with Gasteiger partial charge in [-0.1, -0.05) is 23.2 Å². The highest BCUT2D eigenvalue weighted by molar-refractivity contribution is 7.89. The zero-order valence-electron chi connectivity index (χ0n) is 8.91. The van der Waals surface area contributed by atoms with Crippen LogP contribution in [0.3, 0.4) is 0 Å². The van der Waals surface area contributed by atoms with Gasteiger partial charge < -0.3 is 9.84 Å². The van der Waals surface area contributed by atoms with E-state index in [0.717, 1.165) is 0 Å². The van der Waals surface area contributed by atoms with Crippen LogP contribution in [0.5, 0.6) is 5.75 Å². The van der Waals surface area contributed by atoms with Gasteiger partial charge in [0.15, 0.2) is 0 Å². The molecule has 0 amide bonds. The smallest absolute Gasteiger partial charge is 0.242 e. The third-order valence-electron chi connectivity index (χ3n) is 1.90. The highest BCUT2D eigenvalue weighted by atomic mass is 35.5. The molecule has 0 aromatic heterocycles. The van der Waals surface area contributed by atoms with Crippen LogP contribution in [0.15, 0.2) is 17.0 Å². The molecule has 5 nitrogen and oxygen atoms in total. The Bertz CT molecular complexity index is 504. The monoisotopic (exact) mass is 299 g/mol. The maximum Gasteiger partial charge on any atom is 0.242 e. The van der Waals surface area contributed by atoms with Gasteiger partial charge in [0.2, 0.25) is 10.0 Å². The molecule has 1 rings (SSSR count). The second-order valence-corrected chi connectivity index (χ2v) is 5.59. The highest BCUT2D eigenvalue weighted by Crippen LogP contribution is 2.33. The van der Waals surface area contributed by atoms with Gasteiger partial charge in [0.05, 0.1) is 23.8 Å². The number of rotatable bonds is 5. The van der Waals surface area contributed by atoms with Crippen molar-refractivity contribution in [1.82, 2.24) is 4.72 Å². The van der Waals surface area contributed by atoms with Crippen LogP contribution in [0, 0.1) is 0 Å². The van der Waals surface area contributed by atoms with Gasteiger partial charge in [0, 0.05) is 12.6 Å². The number of aliphatic hydroxyl groups excluding tert-OH is 1. The van der Waals surface area contributed by atoms with Crippen molar-refractivity contribution >= 4 is 33.2 Å². The van der Waals surface area contributed by atoms with Crippen LogP contribution in [-0.2, 0) is 10.0 Å². The average Bonchev–Trinajstić information content (AvgIpc) is 2.28. The van der Waals surface area contributed by atoms with Gasteiger partial charge in [-0.05, 0) is 6.07 Å². The van der Waals surface area contributed by atoms with Crippen molar-refractivity contribution in [2.75, 3.05) is 20.3 Å². The molecule has 0 unspecified atom stereocenters. The fourth-order valence-corrected chi connectivity index (χ4v) is 3.00. The lowest BCUT2D eigenvalue weighted by atomic mass is 10.3. The first kappa shape index (κ1) is 14.5. The van der Waals surface area contributed by atoms with Crippen LogP contribution < -0.4 is 9.46 Å². The van der Waals surface area contributed by atoms with E-state index in [-0.39, 0.29) is 33.8 Å². The Labute approximate surface area is 109 Å². The van der Waals surface area contributed by atoms with E-state index in [9.17, 15) is 8.42 Å². The molecule has 0 heterocycles. The van der Waals surface area contributed by atoms with Crippen LogP contribution in [0.1, 0.15) is 0 Å². The van der Waals surface area contributed by atoms with Crippen molar-refractivity contribution in [2.24, 2.45) is 0 Å². The lowest BCUT2D eigenvalue weighted by Crippen LogP contribution is -2.26. The molecular weight excluding hydrogens is 289 g/mol. The van der Waals surface area contributed by atoms with Crippen molar-refractivity contribution in [3.05, 3.63) is 22.2 Å². The minimum atomic E-state index is -3.78. The second-order valence-electron chi connectivity index (χ2n) is 3.04. The Hall–Kier alpha value is -0.530. The van der Waals surface area contributed by atoms with Gasteiger partial charge in [-0.2, -0.15) is 0 Å². The summed E-state index contributed by atoms with van der Waals surface area (Å²) < 4.78 is 30.6. The van der Waals surface area contributed by atoms with Crippen molar-refractivity contribution in [3.63, 3.8) is 0 Å². The molecular formula is C9H11Cl2NO4S. The number of aliphatic hydroxyl groups is 1. The zero-order valence-corrected chi connectivity index (χ0v) is 11.2. The van der Waals surface area contributed by atoms with Gasteiger partial charge in [-0.3, -0.25) is 0 Å².